The van der Waals surface area contributed by atoms with Gasteiger partial charge in [-0.1, -0.05) is 30.3 Å². The number of morpholine rings is 1. The van der Waals surface area contributed by atoms with Crippen molar-refractivity contribution < 1.29 is 19.1 Å². The van der Waals surface area contributed by atoms with Crippen molar-refractivity contribution in [3.8, 4) is 0 Å². The van der Waals surface area contributed by atoms with E-state index in [1.807, 2.05) is 6.07 Å². The number of aromatic nitrogens is 1. The minimum Gasteiger partial charge on any atom is -0.444 e. The van der Waals surface area contributed by atoms with Crippen LogP contribution in [0.4, 0.5) is 0 Å². The highest BCUT2D eigenvalue weighted by Gasteiger charge is 2.31. The van der Waals surface area contributed by atoms with E-state index in [-0.39, 0.29) is 11.5 Å². The second kappa shape index (κ2) is 7.76. The smallest absolute Gasteiger partial charge is 0.344 e. The summed E-state index contributed by atoms with van der Waals surface area (Å²) in [6, 6.07) is 11.7. The topological polar surface area (TPSA) is 88.7 Å². The number of aromatic amines is 1. The van der Waals surface area contributed by atoms with Crippen LogP contribution in [0, 0.1) is 0 Å². The maximum absolute atomic E-state index is 12.9. The molecule has 1 fully saturated rings. The molecular formula is C18H18N2O5. The summed E-state index contributed by atoms with van der Waals surface area (Å²) in [5.41, 5.74) is -0.143. The Hall–Kier alpha value is -2.93. The fourth-order valence-corrected chi connectivity index (χ4v) is 2.59. The lowest BCUT2D eigenvalue weighted by Crippen LogP contribution is -2.44. The highest BCUT2D eigenvalue weighted by molar-refractivity contribution is 5.92. The van der Waals surface area contributed by atoms with E-state index in [0.717, 1.165) is 0 Å². The van der Waals surface area contributed by atoms with Gasteiger partial charge >= 0.3 is 5.97 Å². The number of nitrogens with zero attached hydrogens (tertiary/aromatic N) is 1. The first kappa shape index (κ1) is 16.9. The fraction of sp³-hybridized carbons (Fsp3) is 0.278. The molecule has 7 nitrogen and oxygen atoms in total. The quantitative estimate of drug-likeness (QED) is 0.842. The Kier molecular flexibility index (Phi) is 5.25. The van der Waals surface area contributed by atoms with Crippen LogP contribution in [0.25, 0.3) is 0 Å². The zero-order valence-corrected chi connectivity index (χ0v) is 13.5. The second-order valence-electron chi connectivity index (χ2n) is 5.55. The van der Waals surface area contributed by atoms with Gasteiger partial charge in [0.1, 0.15) is 5.56 Å². The standard InChI is InChI=1S/C18H18N2O5/c21-16-14(7-4-8-19-16)18(23)25-15(13-5-2-1-3-6-13)17(22)20-9-11-24-12-10-20/h1-8,15H,9-12H2,(H,19,21)/t15-/m0/s1. The Balaban J connectivity index is 1.86. The van der Waals surface area contributed by atoms with Crippen LogP contribution in [0.15, 0.2) is 53.5 Å². The average Bonchev–Trinajstić information content (AvgIpc) is 2.67. The van der Waals surface area contributed by atoms with Crippen molar-refractivity contribution in [2.45, 2.75) is 6.10 Å². The van der Waals surface area contributed by atoms with Gasteiger partial charge in [-0.25, -0.2) is 4.79 Å². The Morgan fingerprint density at radius 3 is 2.48 bits per heavy atom. The SMILES string of the molecule is O=C(O[C@H](C(=O)N1CCOCC1)c1ccccc1)c1ccc[nH]c1=O. The summed E-state index contributed by atoms with van der Waals surface area (Å²) in [7, 11) is 0. The molecule has 0 radical (unpaired) electrons. The van der Waals surface area contributed by atoms with Crippen LogP contribution in [-0.2, 0) is 14.3 Å². The number of hydrogen-bond donors (Lipinski definition) is 1. The zero-order chi connectivity index (χ0) is 17.6. The summed E-state index contributed by atoms with van der Waals surface area (Å²) in [5.74, 6) is -1.16. The highest BCUT2D eigenvalue weighted by Crippen LogP contribution is 2.22. The second-order valence-corrected chi connectivity index (χ2v) is 5.55. The molecule has 1 amide bonds. The van der Waals surface area contributed by atoms with Crippen molar-refractivity contribution in [3.63, 3.8) is 0 Å². The van der Waals surface area contributed by atoms with Gasteiger partial charge in [-0.05, 0) is 12.1 Å². The lowest BCUT2D eigenvalue weighted by atomic mass is 10.1. The number of esters is 1. The molecule has 1 aromatic heterocycles. The van der Waals surface area contributed by atoms with Crippen LogP contribution in [0.3, 0.4) is 0 Å². The molecule has 1 N–H and O–H groups in total. The summed E-state index contributed by atoms with van der Waals surface area (Å²) < 4.78 is 10.7. The van der Waals surface area contributed by atoms with Crippen LogP contribution >= 0.6 is 0 Å². The number of pyridine rings is 1. The molecule has 130 valence electrons. The third kappa shape index (κ3) is 3.95. The average molecular weight is 342 g/mol. The van der Waals surface area contributed by atoms with Gasteiger partial charge in [0.2, 0.25) is 6.10 Å². The minimum absolute atomic E-state index is 0.141. The van der Waals surface area contributed by atoms with Gasteiger partial charge in [-0.2, -0.15) is 0 Å². The summed E-state index contributed by atoms with van der Waals surface area (Å²) in [6.07, 6.45) is 0.318. The Morgan fingerprint density at radius 1 is 1.08 bits per heavy atom. The molecule has 2 heterocycles. The summed E-state index contributed by atoms with van der Waals surface area (Å²) in [6.45, 7) is 1.76. The van der Waals surface area contributed by atoms with E-state index in [9.17, 15) is 14.4 Å². The normalized spacial score (nSPS) is 15.4. The molecule has 1 aliphatic rings. The minimum atomic E-state index is -1.11. The molecule has 1 saturated heterocycles. The maximum atomic E-state index is 12.9. The van der Waals surface area contributed by atoms with Crippen molar-refractivity contribution >= 4 is 11.9 Å². The molecule has 0 bridgehead atoms. The molecule has 7 heteroatoms. The first-order chi connectivity index (χ1) is 12.2. The van der Waals surface area contributed by atoms with Crippen LogP contribution in [0.1, 0.15) is 22.0 Å². The van der Waals surface area contributed by atoms with E-state index in [1.54, 1.807) is 29.2 Å². The van der Waals surface area contributed by atoms with Gasteiger partial charge in [0.15, 0.2) is 0 Å². The van der Waals surface area contributed by atoms with Crippen LogP contribution in [0.2, 0.25) is 0 Å². The van der Waals surface area contributed by atoms with Crippen molar-refractivity contribution in [2.24, 2.45) is 0 Å². The van der Waals surface area contributed by atoms with Crippen molar-refractivity contribution in [1.82, 2.24) is 9.88 Å². The van der Waals surface area contributed by atoms with E-state index >= 15 is 0 Å². The maximum Gasteiger partial charge on any atom is 0.344 e. The van der Waals surface area contributed by atoms with Gasteiger partial charge in [-0.3, -0.25) is 9.59 Å². The van der Waals surface area contributed by atoms with Crippen LogP contribution < -0.4 is 5.56 Å². The third-order valence-electron chi connectivity index (χ3n) is 3.91. The Labute approximate surface area is 144 Å². The number of nitrogens with one attached hydrogen (secondary N) is 1. The lowest BCUT2D eigenvalue weighted by molar-refractivity contribution is -0.145. The first-order valence-electron chi connectivity index (χ1n) is 7.97. The van der Waals surface area contributed by atoms with Crippen molar-refractivity contribution in [2.75, 3.05) is 26.3 Å². The number of benzene rings is 1. The molecular weight excluding hydrogens is 324 g/mol. The highest BCUT2D eigenvalue weighted by atomic mass is 16.5. The molecule has 0 saturated carbocycles. The number of carbonyl (C=O) groups is 2. The molecule has 25 heavy (non-hydrogen) atoms. The third-order valence-corrected chi connectivity index (χ3v) is 3.91. The van der Waals surface area contributed by atoms with E-state index in [0.29, 0.717) is 31.9 Å². The van der Waals surface area contributed by atoms with Crippen molar-refractivity contribution in [1.29, 1.82) is 0 Å². The van der Waals surface area contributed by atoms with E-state index < -0.39 is 17.6 Å². The number of ether oxygens (including phenoxy) is 2. The van der Waals surface area contributed by atoms with Gasteiger partial charge < -0.3 is 19.4 Å². The van der Waals surface area contributed by atoms with Crippen molar-refractivity contribution in [3.05, 3.63) is 70.1 Å². The van der Waals surface area contributed by atoms with Gasteiger partial charge in [0.25, 0.3) is 11.5 Å². The number of hydrogen-bond acceptors (Lipinski definition) is 5. The molecule has 3 rings (SSSR count). The number of carbonyl (C=O) groups excluding carboxylic acids is 2. The van der Waals surface area contributed by atoms with Gasteiger partial charge in [0.05, 0.1) is 13.2 Å². The van der Waals surface area contributed by atoms with E-state index in [1.165, 1.54) is 18.3 Å². The van der Waals surface area contributed by atoms with Crippen LogP contribution in [-0.4, -0.2) is 48.1 Å². The fourth-order valence-electron chi connectivity index (χ4n) is 2.59. The summed E-state index contributed by atoms with van der Waals surface area (Å²) in [5, 5.41) is 0. The van der Waals surface area contributed by atoms with E-state index in [4.69, 9.17) is 9.47 Å². The predicted molar refractivity (Wildman–Crippen MR) is 89.1 cm³/mol. The summed E-state index contributed by atoms with van der Waals surface area (Å²) in [4.78, 5) is 41.1. The molecule has 0 spiro atoms. The van der Waals surface area contributed by atoms with Gasteiger partial charge in [-0.15, -0.1) is 0 Å². The first-order valence-corrected chi connectivity index (χ1v) is 7.97. The lowest BCUT2D eigenvalue weighted by Gasteiger charge is -2.30. The number of amides is 1. The zero-order valence-electron chi connectivity index (χ0n) is 13.5. The largest absolute Gasteiger partial charge is 0.444 e. The monoisotopic (exact) mass is 342 g/mol. The molecule has 1 aromatic carbocycles. The number of H-pyrrole nitrogens is 1. The van der Waals surface area contributed by atoms with Gasteiger partial charge in [0, 0.05) is 24.8 Å². The molecule has 1 aliphatic heterocycles. The molecule has 1 atom stereocenters. The molecule has 0 unspecified atom stereocenters. The van der Waals surface area contributed by atoms with Crippen LogP contribution in [0.5, 0.6) is 0 Å². The predicted octanol–water partition coefficient (Wildman–Crippen LogP) is 1.13. The summed E-state index contributed by atoms with van der Waals surface area (Å²) >= 11 is 0. The van der Waals surface area contributed by atoms with E-state index in [2.05, 4.69) is 4.98 Å². The number of rotatable bonds is 4. The Bertz CT molecular complexity index is 796. The molecule has 0 aliphatic carbocycles. The molecule has 2 aromatic rings. The Morgan fingerprint density at radius 2 is 1.80 bits per heavy atom.